The molecule has 0 saturated heterocycles. The van der Waals surface area contributed by atoms with Crippen LogP contribution in [0, 0.1) is 0 Å². The molecule has 0 fully saturated rings. The molecule has 0 unspecified atom stereocenters. The SMILES string of the molecule is COc1ccccc1CCn1c(N)nc2cccnc21. The summed E-state index contributed by atoms with van der Waals surface area (Å²) in [5.41, 5.74) is 8.76. The molecule has 5 heteroatoms. The number of aryl methyl sites for hydroxylation is 2. The number of nitrogen functional groups attached to an aromatic ring is 1. The van der Waals surface area contributed by atoms with E-state index in [0.717, 1.165) is 35.4 Å². The first kappa shape index (κ1) is 12.5. The van der Waals surface area contributed by atoms with E-state index in [1.54, 1.807) is 13.3 Å². The highest BCUT2D eigenvalue weighted by Gasteiger charge is 2.09. The Morgan fingerprint density at radius 2 is 2.05 bits per heavy atom. The molecule has 0 radical (unpaired) electrons. The van der Waals surface area contributed by atoms with E-state index in [-0.39, 0.29) is 0 Å². The average molecular weight is 268 g/mol. The number of hydrogen-bond acceptors (Lipinski definition) is 4. The topological polar surface area (TPSA) is 66.0 Å². The number of methoxy groups -OCH3 is 1. The van der Waals surface area contributed by atoms with Crippen LogP contribution in [0.2, 0.25) is 0 Å². The Morgan fingerprint density at radius 1 is 1.20 bits per heavy atom. The third-order valence-electron chi connectivity index (χ3n) is 3.33. The maximum Gasteiger partial charge on any atom is 0.202 e. The van der Waals surface area contributed by atoms with Crippen LogP contribution in [-0.2, 0) is 13.0 Å². The highest BCUT2D eigenvalue weighted by Crippen LogP contribution is 2.20. The number of nitrogens with zero attached hydrogens (tertiary/aromatic N) is 3. The standard InChI is InChI=1S/C15H16N4O/c1-20-13-7-3-2-5-11(13)8-10-19-14-12(18-15(19)16)6-4-9-17-14/h2-7,9H,8,10H2,1H3,(H2,16,18). The van der Waals surface area contributed by atoms with Gasteiger partial charge in [-0.25, -0.2) is 9.97 Å². The van der Waals surface area contributed by atoms with Crippen LogP contribution < -0.4 is 10.5 Å². The second kappa shape index (κ2) is 5.21. The van der Waals surface area contributed by atoms with Crippen LogP contribution in [0.1, 0.15) is 5.56 Å². The fourth-order valence-corrected chi connectivity index (χ4v) is 2.34. The minimum Gasteiger partial charge on any atom is -0.496 e. The fourth-order valence-electron chi connectivity index (χ4n) is 2.34. The number of benzene rings is 1. The first-order valence-electron chi connectivity index (χ1n) is 6.48. The third-order valence-corrected chi connectivity index (χ3v) is 3.33. The number of rotatable bonds is 4. The lowest BCUT2D eigenvalue weighted by Crippen LogP contribution is -2.07. The number of para-hydroxylation sites is 1. The Kier molecular flexibility index (Phi) is 3.25. The molecule has 1 aromatic carbocycles. The van der Waals surface area contributed by atoms with Gasteiger partial charge in [0.1, 0.15) is 11.3 Å². The lowest BCUT2D eigenvalue weighted by Gasteiger charge is -2.09. The van der Waals surface area contributed by atoms with Gasteiger partial charge in [0.15, 0.2) is 5.65 Å². The molecule has 0 atom stereocenters. The number of imidazole rings is 1. The summed E-state index contributed by atoms with van der Waals surface area (Å²) in [6.07, 6.45) is 2.57. The summed E-state index contributed by atoms with van der Waals surface area (Å²) in [5, 5.41) is 0. The number of pyridine rings is 1. The van der Waals surface area contributed by atoms with Crippen molar-refractivity contribution in [1.29, 1.82) is 0 Å². The van der Waals surface area contributed by atoms with Gasteiger partial charge < -0.3 is 10.5 Å². The predicted octanol–water partition coefficient (Wildman–Crippen LogP) is 2.26. The largest absolute Gasteiger partial charge is 0.496 e. The van der Waals surface area contributed by atoms with Crippen LogP contribution in [-0.4, -0.2) is 21.6 Å². The Bertz CT molecular complexity index is 736. The van der Waals surface area contributed by atoms with Crippen molar-refractivity contribution in [3.63, 3.8) is 0 Å². The van der Waals surface area contributed by atoms with Crippen molar-refractivity contribution in [3.8, 4) is 5.75 Å². The van der Waals surface area contributed by atoms with E-state index in [2.05, 4.69) is 16.0 Å². The molecular formula is C15H16N4O. The molecule has 0 aliphatic heterocycles. The number of aromatic nitrogens is 3. The van der Waals surface area contributed by atoms with E-state index in [1.807, 2.05) is 34.9 Å². The van der Waals surface area contributed by atoms with Crippen LogP contribution >= 0.6 is 0 Å². The zero-order chi connectivity index (χ0) is 13.9. The van der Waals surface area contributed by atoms with E-state index in [9.17, 15) is 0 Å². The summed E-state index contributed by atoms with van der Waals surface area (Å²) < 4.78 is 7.29. The molecule has 0 saturated carbocycles. The number of anilines is 1. The van der Waals surface area contributed by atoms with Gasteiger partial charge in [0.2, 0.25) is 5.95 Å². The third kappa shape index (κ3) is 2.18. The number of hydrogen-bond donors (Lipinski definition) is 1. The molecule has 102 valence electrons. The molecule has 2 heterocycles. The molecule has 20 heavy (non-hydrogen) atoms. The summed E-state index contributed by atoms with van der Waals surface area (Å²) >= 11 is 0. The fraction of sp³-hybridized carbons (Fsp3) is 0.200. The smallest absolute Gasteiger partial charge is 0.202 e. The van der Waals surface area contributed by atoms with Crippen molar-refractivity contribution >= 4 is 17.1 Å². The van der Waals surface area contributed by atoms with E-state index >= 15 is 0 Å². The summed E-state index contributed by atoms with van der Waals surface area (Å²) in [5.74, 6) is 1.39. The second-order valence-corrected chi connectivity index (χ2v) is 4.53. The molecule has 0 spiro atoms. The predicted molar refractivity (Wildman–Crippen MR) is 78.6 cm³/mol. The van der Waals surface area contributed by atoms with Gasteiger partial charge in [-0.1, -0.05) is 18.2 Å². The number of nitrogens with two attached hydrogens (primary N) is 1. The van der Waals surface area contributed by atoms with Crippen molar-refractivity contribution in [2.24, 2.45) is 0 Å². The average Bonchev–Trinajstić information content (AvgIpc) is 2.81. The van der Waals surface area contributed by atoms with E-state index in [0.29, 0.717) is 5.95 Å². The van der Waals surface area contributed by atoms with Crippen molar-refractivity contribution in [2.75, 3.05) is 12.8 Å². The molecule has 3 rings (SSSR count). The summed E-state index contributed by atoms with van der Waals surface area (Å²) in [6, 6.07) is 11.8. The molecule has 0 bridgehead atoms. The van der Waals surface area contributed by atoms with Crippen molar-refractivity contribution in [2.45, 2.75) is 13.0 Å². The zero-order valence-electron chi connectivity index (χ0n) is 11.3. The number of ether oxygens (including phenoxy) is 1. The van der Waals surface area contributed by atoms with Crippen molar-refractivity contribution in [3.05, 3.63) is 48.2 Å². The van der Waals surface area contributed by atoms with E-state index < -0.39 is 0 Å². The molecule has 0 aliphatic carbocycles. The van der Waals surface area contributed by atoms with Gasteiger partial charge in [-0.3, -0.25) is 4.57 Å². The van der Waals surface area contributed by atoms with Gasteiger partial charge >= 0.3 is 0 Å². The first-order chi connectivity index (χ1) is 9.79. The minimum atomic E-state index is 0.494. The van der Waals surface area contributed by atoms with Crippen molar-refractivity contribution < 1.29 is 4.74 Å². The Balaban J connectivity index is 1.89. The summed E-state index contributed by atoms with van der Waals surface area (Å²) in [7, 11) is 1.68. The Morgan fingerprint density at radius 3 is 2.90 bits per heavy atom. The molecule has 2 N–H and O–H groups in total. The van der Waals surface area contributed by atoms with Crippen molar-refractivity contribution in [1.82, 2.24) is 14.5 Å². The van der Waals surface area contributed by atoms with Crippen LogP contribution in [0.5, 0.6) is 5.75 Å². The monoisotopic (exact) mass is 268 g/mol. The molecule has 3 aromatic rings. The van der Waals surface area contributed by atoms with Gasteiger partial charge in [-0.05, 0) is 30.2 Å². The maximum absolute atomic E-state index is 5.97. The second-order valence-electron chi connectivity index (χ2n) is 4.53. The molecular weight excluding hydrogens is 252 g/mol. The summed E-state index contributed by atoms with van der Waals surface area (Å²) in [4.78, 5) is 8.66. The molecule has 0 aliphatic rings. The maximum atomic E-state index is 5.97. The number of fused-ring (bicyclic) bond motifs is 1. The lowest BCUT2D eigenvalue weighted by molar-refractivity contribution is 0.408. The molecule has 5 nitrogen and oxygen atoms in total. The zero-order valence-corrected chi connectivity index (χ0v) is 11.3. The Labute approximate surface area is 117 Å². The van der Waals surface area contributed by atoms with Gasteiger partial charge in [0.05, 0.1) is 7.11 Å². The van der Waals surface area contributed by atoms with Gasteiger partial charge in [-0.15, -0.1) is 0 Å². The van der Waals surface area contributed by atoms with E-state index in [1.165, 1.54) is 0 Å². The normalized spacial score (nSPS) is 10.8. The highest BCUT2D eigenvalue weighted by atomic mass is 16.5. The van der Waals surface area contributed by atoms with E-state index in [4.69, 9.17) is 10.5 Å². The van der Waals surface area contributed by atoms with Gasteiger partial charge in [0.25, 0.3) is 0 Å². The van der Waals surface area contributed by atoms with Crippen LogP contribution in [0.15, 0.2) is 42.6 Å². The first-order valence-corrected chi connectivity index (χ1v) is 6.48. The highest BCUT2D eigenvalue weighted by molar-refractivity contribution is 5.73. The quantitative estimate of drug-likeness (QED) is 0.788. The van der Waals surface area contributed by atoms with Crippen LogP contribution in [0.25, 0.3) is 11.2 Å². The lowest BCUT2D eigenvalue weighted by atomic mass is 10.1. The van der Waals surface area contributed by atoms with Crippen LogP contribution in [0.3, 0.4) is 0 Å². The van der Waals surface area contributed by atoms with Gasteiger partial charge in [-0.2, -0.15) is 0 Å². The summed E-state index contributed by atoms with van der Waals surface area (Å²) in [6.45, 7) is 0.722. The Hall–Kier alpha value is -2.56. The molecule has 0 amide bonds. The molecule has 2 aromatic heterocycles. The van der Waals surface area contributed by atoms with Crippen LogP contribution in [0.4, 0.5) is 5.95 Å². The van der Waals surface area contributed by atoms with Gasteiger partial charge in [0, 0.05) is 12.7 Å². The minimum absolute atomic E-state index is 0.494.